The standard InChI is InChI=1S/C9H14N4/c1-4-5-13(3)8-6-7(2)11-9(10)12-8/h4,6H,1,5H2,2-3H3,(H2,10,11,12). The summed E-state index contributed by atoms with van der Waals surface area (Å²) in [6, 6.07) is 1.89. The largest absolute Gasteiger partial charge is 0.368 e. The van der Waals surface area contributed by atoms with Crippen LogP contribution in [0.5, 0.6) is 0 Å². The van der Waals surface area contributed by atoms with Gasteiger partial charge in [-0.15, -0.1) is 6.58 Å². The number of aryl methyl sites for hydroxylation is 1. The summed E-state index contributed by atoms with van der Waals surface area (Å²) >= 11 is 0. The summed E-state index contributed by atoms with van der Waals surface area (Å²) in [6.07, 6.45) is 1.81. The lowest BCUT2D eigenvalue weighted by atomic mass is 10.4. The molecule has 0 aliphatic carbocycles. The van der Waals surface area contributed by atoms with Crippen molar-refractivity contribution in [1.82, 2.24) is 9.97 Å². The minimum Gasteiger partial charge on any atom is -0.368 e. The fraction of sp³-hybridized carbons (Fsp3) is 0.333. The third-order valence-electron chi connectivity index (χ3n) is 1.65. The fourth-order valence-corrected chi connectivity index (χ4v) is 1.06. The Morgan fingerprint density at radius 2 is 2.31 bits per heavy atom. The van der Waals surface area contributed by atoms with Gasteiger partial charge < -0.3 is 10.6 Å². The van der Waals surface area contributed by atoms with Crippen molar-refractivity contribution >= 4 is 11.8 Å². The van der Waals surface area contributed by atoms with E-state index in [1.54, 1.807) is 0 Å². The first-order valence-corrected chi connectivity index (χ1v) is 4.06. The van der Waals surface area contributed by atoms with Crippen LogP contribution in [-0.2, 0) is 0 Å². The second-order valence-electron chi connectivity index (χ2n) is 2.89. The Morgan fingerprint density at radius 3 is 2.85 bits per heavy atom. The van der Waals surface area contributed by atoms with E-state index in [0.717, 1.165) is 18.1 Å². The molecule has 0 amide bonds. The molecular weight excluding hydrogens is 164 g/mol. The van der Waals surface area contributed by atoms with Gasteiger partial charge in [0.05, 0.1) is 0 Å². The number of nitrogens with zero attached hydrogens (tertiary/aromatic N) is 3. The minimum atomic E-state index is 0.311. The topological polar surface area (TPSA) is 55.0 Å². The first-order chi connectivity index (χ1) is 6.13. The normalized spacial score (nSPS) is 9.69. The maximum Gasteiger partial charge on any atom is 0.222 e. The lowest BCUT2D eigenvalue weighted by Gasteiger charge is -2.16. The molecule has 1 aromatic heterocycles. The number of hydrogen-bond donors (Lipinski definition) is 1. The third-order valence-corrected chi connectivity index (χ3v) is 1.65. The van der Waals surface area contributed by atoms with Crippen molar-refractivity contribution in [1.29, 1.82) is 0 Å². The molecule has 1 heterocycles. The van der Waals surface area contributed by atoms with Gasteiger partial charge in [0.25, 0.3) is 0 Å². The zero-order valence-electron chi connectivity index (χ0n) is 7.99. The smallest absolute Gasteiger partial charge is 0.222 e. The molecule has 0 aliphatic heterocycles. The number of nitrogen functional groups attached to an aromatic ring is 1. The quantitative estimate of drug-likeness (QED) is 0.701. The van der Waals surface area contributed by atoms with Gasteiger partial charge in [0.2, 0.25) is 5.95 Å². The molecular formula is C9H14N4. The molecule has 0 saturated carbocycles. The highest BCUT2D eigenvalue weighted by Gasteiger charge is 2.02. The number of likely N-dealkylation sites (N-methyl/N-ethyl adjacent to an activating group) is 1. The van der Waals surface area contributed by atoms with Crippen LogP contribution in [0.1, 0.15) is 5.69 Å². The molecule has 13 heavy (non-hydrogen) atoms. The van der Waals surface area contributed by atoms with Crippen LogP contribution in [0.4, 0.5) is 11.8 Å². The number of anilines is 2. The zero-order valence-corrected chi connectivity index (χ0v) is 7.99. The van der Waals surface area contributed by atoms with Gasteiger partial charge in [-0.1, -0.05) is 6.08 Å². The molecule has 4 heteroatoms. The van der Waals surface area contributed by atoms with Crippen LogP contribution in [0.3, 0.4) is 0 Å². The Bertz CT molecular complexity index is 288. The highest BCUT2D eigenvalue weighted by Crippen LogP contribution is 2.10. The van der Waals surface area contributed by atoms with Gasteiger partial charge in [-0.25, -0.2) is 4.98 Å². The predicted molar refractivity (Wildman–Crippen MR) is 54.6 cm³/mol. The summed E-state index contributed by atoms with van der Waals surface area (Å²) in [5, 5.41) is 0. The minimum absolute atomic E-state index is 0.311. The zero-order chi connectivity index (χ0) is 9.84. The number of aromatic nitrogens is 2. The van der Waals surface area contributed by atoms with Crippen LogP contribution in [0.15, 0.2) is 18.7 Å². The lowest BCUT2D eigenvalue weighted by molar-refractivity contribution is 0.971. The van der Waals surface area contributed by atoms with Gasteiger partial charge in [0.15, 0.2) is 0 Å². The third kappa shape index (κ3) is 2.43. The Kier molecular flexibility index (Phi) is 2.84. The molecule has 0 fully saturated rings. The van der Waals surface area contributed by atoms with Crippen LogP contribution < -0.4 is 10.6 Å². The van der Waals surface area contributed by atoms with E-state index in [0.29, 0.717) is 5.95 Å². The molecule has 1 aromatic rings. The molecule has 0 bridgehead atoms. The van der Waals surface area contributed by atoms with Gasteiger partial charge in [-0.3, -0.25) is 0 Å². The molecule has 0 spiro atoms. The van der Waals surface area contributed by atoms with Gasteiger partial charge in [-0.05, 0) is 6.92 Å². The monoisotopic (exact) mass is 178 g/mol. The second kappa shape index (κ2) is 3.89. The highest BCUT2D eigenvalue weighted by atomic mass is 15.2. The predicted octanol–water partition coefficient (Wildman–Crippen LogP) is 0.989. The van der Waals surface area contributed by atoms with E-state index in [1.807, 2.05) is 31.0 Å². The number of rotatable bonds is 3. The van der Waals surface area contributed by atoms with Crippen molar-refractivity contribution in [2.45, 2.75) is 6.92 Å². The van der Waals surface area contributed by atoms with Crippen LogP contribution in [0.25, 0.3) is 0 Å². The van der Waals surface area contributed by atoms with E-state index in [9.17, 15) is 0 Å². The first kappa shape index (κ1) is 9.51. The Hall–Kier alpha value is -1.58. The average molecular weight is 178 g/mol. The molecule has 0 aliphatic rings. The molecule has 0 saturated heterocycles. The summed E-state index contributed by atoms with van der Waals surface area (Å²) in [7, 11) is 1.93. The fourth-order valence-electron chi connectivity index (χ4n) is 1.06. The summed E-state index contributed by atoms with van der Waals surface area (Å²) in [5.41, 5.74) is 6.39. The van der Waals surface area contributed by atoms with Crippen LogP contribution in [0, 0.1) is 6.92 Å². The molecule has 4 nitrogen and oxygen atoms in total. The summed E-state index contributed by atoms with van der Waals surface area (Å²) in [6.45, 7) is 6.29. The Balaban J connectivity index is 2.93. The van der Waals surface area contributed by atoms with Crippen molar-refractivity contribution in [3.8, 4) is 0 Å². The van der Waals surface area contributed by atoms with Crippen molar-refractivity contribution in [2.24, 2.45) is 0 Å². The average Bonchev–Trinajstić information content (AvgIpc) is 2.03. The van der Waals surface area contributed by atoms with Crippen molar-refractivity contribution in [3.05, 3.63) is 24.4 Å². The maximum absolute atomic E-state index is 5.52. The van der Waals surface area contributed by atoms with Crippen LogP contribution >= 0.6 is 0 Å². The van der Waals surface area contributed by atoms with Crippen LogP contribution in [0.2, 0.25) is 0 Å². The van der Waals surface area contributed by atoms with E-state index in [-0.39, 0.29) is 0 Å². The molecule has 0 unspecified atom stereocenters. The van der Waals surface area contributed by atoms with Crippen molar-refractivity contribution < 1.29 is 0 Å². The number of nitrogens with two attached hydrogens (primary N) is 1. The van der Waals surface area contributed by atoms with E-state index in [1.165, 1.54) is 0 Å². The van der Waals surface area contributed by atoms with Gasteiger partial charge >= 0.3 is 0 Å². The Labute approximate surface area is 78.1 Å². The second-order valence-corrected chi connectivity index (χ2v) is 2.89. The molecule has 0 radical (unpaired) electrons. The Morgan fingerprint density at radius 1 is 1.62 bits per heavy atom. The lowest BCUT2D eigenvalue weighted by Crippen LogP contribution is -2.18. The van der Waals surface area contributed by atoms with E-state index in [2.05, 4.69) is 16.5 Å². The first-order valence-electron chi connectivity index (χ1n) is 4.06. The van der Waals surface area contributed by atoms with E-state index in [4.69, 9.17) is 5.73 Å². The highest BCUT2D eigenvalue weighted by molar-refractivity contribution is 5.42. The summed E-state index contributed by atoms with van der Waals surface area (Å²) in [4.78, 5) is 10.0. The van der Waals surface area contributed by atoms with Gasteiger partial charge in [0.1, 0.15) is 5.82 Å². The molecule has 70 valence electrons. The van der Waals surface area contributed by atoms with Gasteiger partial charge in [-0.2, -0.15) is 4.98 Å². The molecule has 0 aromatic carbocycles. The summed E-state index contributed by atoms with van der Waals surface area (Å²) < 4.78 is 0. The molecule has 0 atom stereocenters. The van der Waals surface area contributed by atoms with Gasteiger partial charge in [0, 0.05) is 25.4 Å². The van der Waals surface area contributed by atoms with E-state index >= 15 is 0 Å². The van der Waals surface area contributed by atoms with Crippen LogP contribution in [-0.4, -0.2) is 23.6 Å². The maximum atomic E-state index is 5.52. The molecule has 2 N–H and O–H groups in total. The van der Waals surface area contributed by atoms with Crippen molar-refractivity contribution in [2.75, 3.05) is 24.2 Å². The SMILES string of the molecule is C=CCN(C)c1cc(C)nc(N)n1. The summed E-state index contributed by atoms with van der Waals surface area (Å²) in [5.74, 6) is 1.14. The molecule has 1 rings (SSSR count). The van der Waals surface area contributed by atoms with Crippen molar-refractivity contribution in [3.63, 3.8) is 0 Å². The van der Waals surface area contributed by atoms with E-state index < -0.39 is 0 Å². The number of hydrogen-bond acceptors (Lipinski definition) is 4.